The molecule has 0 amide bonds. The third-order valence-electron chi connectivity index (χ3n) is 3.33. The van der Waals surface area contributed by atoms with Gasteiger partial charge in [-0.1, -0.05) is 51.4 Å². The molecule has 0 atom stereocenters. The molecule has 0 aliphatic rings. The molecular formula is C18H14BrNO3. The second-order valence-corrected chi connectivity index (χ2v) is 5.74. The molecule has 5 heteroatoms. The Kier molecular flexibility index (Phi) is 4.57. The Morgan fingerprint density at radius 1 is 1.09 bits per heavy atom. The van der Waals surface area contributed by atoms with Crippen LogP contribution in [0, 0.1) is 0 Å². The molecule has 0 bridgehead atoms. The molecule has 0 aliphatic heterocycles. The lowest BCUT2D eigenvalue weighted by Crippen LogP contribution is -2.06. The standard InChI is InChI=1S/C18H14BrNO3/c1-2-22-18(21)15-16(12-6-4-3-5-7-12)20-23-17(15)13-8-10-14(19)11-9-13/h3-11H,2H2,1H3. The lowest BCUT2D eigenvalue weighted by atomic mass is 10.0. The average Bonchev–Trinajstić information content (AvgIpc) is 3.01. The van der Waals surface area contributed by atoms with Gasteiger partial charge in [0.15, 0.2) is 5.76 Å². The summed E-state index contributed by atoms with van der Waals surface area (Å²) < 4.78 is 11.6. The van der Waals surface area contributed by atoms with Gasteiger partial charge in [-0.3, -0.25) is 0 Å². The molecule has 1 heterocycles. The number of rotatable bonds is 4. The summed E-state index contributed by atoms with van der Waals surface area (Å²) in [5, 5.41) is 4.10. The molecule has 0 radical (unpaired) electrons. The zero-order valence-electron chi connectivity index (χ0n) is 12.5. The van der Waals surface area contributed by atoms with Crippen molar-refractivity contribution < 1.29 is 14.1 Å². The fourth-order valence-corrected chi connectivity index (χ4v) is 2.54. The maximum absolute atomic E-state index is 12.4. The molecule has 116 valence electrons. The third-order valence-corrected chi connectivity index (χ3v) is 3.85. The normalized spacial score (nSPS) is 10.5. The van der Waals surface area contributed by atoms with Crippen LogP contribution in [0.1, 0.15) is 17.3 Å². The lowest BCUT2D eigenvalue weighted by molar-refractivity contribution is 0.0527. The van der Waals surface area contributed by atoms with E-state index in [0.29, 0.717) is 17.0 Å². The summed E-state index contributed by atoms with van der Waals surface area (Å²) in [6, 6.07) is 16.9. The van der Waals surface area contributed by atoms with E-state index in [9.17, 15) is 4.79 Å². The number of nitrogens with zero attached hydrogens (tertiary/aromatic N) is 1. The van der Waals surface area contributed by atoms with Crippen molar-refractivity contribution >= 4 is 21.9 Å². The van der Waals surface area contributed by atoms with E-state index in [-0.39, 0.29) is 6.61 Å². The molecule has 0 saturated heterocycles. The van der Waals surface area contributed by atoms with E-state index < -0.39 is 5.97 Å². The van der Waals surface area contributed by atoms with Gasteiger partial charge in [0.25, 0.3) is 0 Å². The highest BCUT2D eigenvalue weighted by atomic mass is 79.9. The van der Waals surface area contributed by atoms with Crippen LogP contribution in [0.5, 0.6) is 0 Å². The van der Waals surface area contributed by atoms with Crippen LogP contribution in [-0.2, 0) is 4.74 Å². The summed E-state index contributed by atoms with van der Waals surface area (Å²) in [6.07, 6.45) is 0. The van der Waals surface area contributed by atoms with Gasteiger partial charge in [0, 0.05) is 15.6 Å². The minimum Gasteiger partial charge on any atom is -0.462 e. The van der Waals surface area contributed by atoms with Gasteiger partial charge < -0.3 is 9.26 Å². The van der Waals surface area contributed by atoms with Crippen molar-refractivity contribution in [3.8, 4) is 22.6 Å². The molecule has 0 fully saturated rings. The molecule has 23 heavy (non-hydrogen) atoms. The van der Waals surface area contributed by atoms with Crippen molar-refractivity contribution in [1.29, 1.82) is 0 Å². The smallest absolute Gasteiger partial charge is 0.344 e. The first-order valence-corrected chi connectivity index (χ1v) is 7.98. The maximum Gasteiger partial charge on any atom is 0.344 e. The minimum absolute atomic E-state index is 0.290. The van der Waals surface area contributed by atoms with Crippen LogP contribution >= 0.6 is 15.9 Å². The van der Waals surface area contributed by atoms with E-state index in [1.165, 1.54) is 0 Å². The van der Waals surface area contributed by atoms with E-state index in [2.05, 4.69) is 21.1 Å². The number of benzene rings is 2. The van der Waals surface area contributed by atoms with E-state index in [1.54, 1.807) is 6.92 Å². The Labute approximate surface area is 142 Å². The number of ether oxygens (including phenoxy) is 1. The van der Waals surface area contributed by atoms with Gasteiger partial charge in [0.2, 0.25) is 0 Å². The Hall–Kier alpha value is -2.40. The van der Waals surface area contributed by atoms with E-state index in [0.717, 1.165) is 15.6 Å². The molecule has 3 rings (SSSR count). The number of esters is 1. The number of carbonyl (C=O) groups is 1. The van der Waals surface area contributed by atoms with Gasteiger partial charge in [-0.05, 0) is 31.2 Å². The minimum atomic E-state index is -0.439. The number of aromatic nitrogens is 1. The SMILES string of the molecule is CCOC(=O)c1c(-c2ccccc2)noc1-c1ccc(Br)cc1. The summed E-state index contributed by atoms with van der Waals surface area (Å²) in [4.78, 5) is 12.4. The fourth-order valence-electron chi connectivity index (χ4n) is 2.27. The quantitative estimate of drug-likeness (QED) is 0.609. The largest absolute Gasteiger partial charge is 0.462 e. The molecule has 4 nitrogen and oxygen atoms in total. The third kappa shape index (κ3) is 3.19. The van der Waals surface area contributed by atoms with Gasteiger partial charge in [-0.25, -0.2) is 4.79 Å². The number of hydrogen-bond donors (Lipinski definition) is 0. The van der Waals surface area contributed by atoms with Crippen LogP contribution in [-0.4, -0.2) is 17.7 Å². The molecule has 0 unspecified atom stereocenters. The van der Waals surface area contributed by atoms with Crippen LogP contribution in [0.15, 0.2) is 63.6 Å². The summed E-state index contributed by atoms with van der Waals surface area (Å²) in [5.74, 6) is -0.0275. The number of halogens is 1. The highest BCUT2D eigenvalue weighted by molar-refractivity contribution is 9.10. The summed E-state index contributed by atoms with van der Waals surface area (Å²) in [5.41, 5.74) is 2.41. The second kappa shape index (κ2) is 6.79. The number of carbonyl (C=O) groups excluding carboxylic acids is 1. The molecular weight excluding hydrogens is 358 g/mol. The van der Waals surface area contributed by atoms with Crippen LogP contribution in [0.2, 0.25) is 0 Å². The lowest BCUT2D eigenvalue weighted by Gasteiger charge is -2.04. The van der Waals surface area contributed by atoms with Crippen molar-refractivity contribution in [3.63, 3.8) is 0 Å². The molecule has 1 aromatic heterocycles. The molecule has 0 aliphatic carbocycles. The average molecular weight is 372 g/mol. The van der Waals surface area contributed by atoms with Crippen molar-refractivity contribution in [2.24, 2.45) is 0 Å². The van der Waals surface area contributed by atoms with E-state index in [1.807, 2.05) is 54.6 Å². The first kappa shape index (κ1) is 15.5. The zero-order chi connectivity index (χ0) is 16.2. The van der Waals surface area contributed by atoms with Gasteiger partial charge in [-0.15, -0.1) is 0 Å². The predicted molar refractivity (Wildman–Crippen MR) is 91.0 cm³/mol. The van der Waals surface area contributed by atoms with Crippen molar-refractivity contribution in [2.75, 3.05) is 6.61 Å². The van der Waals surface area contributed by atoms with Crippen LogP contribution < -0.4 is 0 Å². The molecule has 0 saturated carbocycles. The first-order chi connectivity index (χ1) is 11.2. The fraction of sp³-hybridized carbons (Fsp3) is 0.111. The summed E-state index contributed by atoms with van der Waals surface area (Å²) >= 11 is 3.39. The predicted octanol–water partition coefficient (Wildman–Crippen LogP) is 4.95. The Morgan fingerprint density at radius 2 is 1.78 bits per heavy atom. The van der Waals surface area contributed by atoms with E-state index in [4.69, 9.17) is 9.26 Å². The molecule has 3 aromatic rings. The Bertz CT molecular complexity index is 810. The van der Waals surface area contributed by atoms with Crippen molar-refractivity contribution in [3.05, 3.63) is 64.6 Å². The first-order valence-electron chi connectivity index (χ1n) is 7.19. The summed E-state index contributed by atoms with van der Waals surface area (Å²) in [7, 11) is 0. The van der Waals surface area contributed by atoms with Gasteiger partial charge >= 0.3 is 5.97 Å². The highest BCUT2D eigenvalue weighted by Crippen LogP contribution is 2.33. The van der Waals surface area contributed by atoms with Crippen molar-refractivity contribution in [1.82, 2.24) is 5.16 Å². The maximum atomic E-state index is 12.4. The zero-order valence-corrected chi connectivity index (χ0v) is 14.0. The van der Waals surface area contributed by atoms with Crippen molar-refractivity contribution in [2.45, 2.75) is 6.92 Å². The molecule has 0 spiro atoms. The highest BCUT2D eigenvalue weighted by Gasteiger charge is 2.26. The van der Waals surface area contributed by atoms with Crippen LogP contribution in [0.4, 0.5) is 0 Å². The van der Waals surface area contributed by atoms with Crippen LogP contribution in [0.3, 0.4) is 0 Å². The van der Waals surface area contributed by atoms with Gasteiger partial charge in [0.1, 0.15) is 11.3 Å². The Morgan fingerprint density at radius 3 is 2.43 bits per heavy atom. The van der Waals surface area contributed by atoms with Gasteiger partial charge in [0.05, 0.1) is 6.61 Å². The number of hydrogen-bond acceptors (Lipinski definition) is 4. The molecule has 2 aromatic carbocycles. The summed E-state index contributed by atoms with van der Waals surface area (Å²) in [6.45, 7) is 2.06. The monoisotopic (exact) mass is 371 g/mol. The Balaban J connectivity index is 2.15. The molecule has 0 N–H and O–H groups in total. The second-order valence-electron chi connectivity index (χ2n) is 4.83. The van der Waals surface area contributed by atoms with Gasteiger partial charge in [-0.2, -0.15) is 0 Å². The topological polar surface area (TPSA) is 52.3 Å². The van der Waals surface area contributed by atoms with E-state index >= 15 is 0 Å². The van der Waals surface area contributed by atoms with Crippen LogP contribution in [0.25, 0.3) is 22.6 Å².